The molecule has 0 bridgehead atoms. The van der Waals surface area contributed by atoms with Crippen LogP contribution in [-0.4, -0.2) is 6.04 Å². The Morgan fingerprint density at radius 2 is 1.64 bits per heavy atom. The van der Waals surface area contributed by atoms with Gasteiger partial charge in [0.1, 0.15) is 0 Å². The maximum absolute atomic E-state index is 5.58. The highest BCUT2D eigenvalue weighted by Gasteiger charge is 2.14. The second kappa shape index (κ2) is 9.47. The van der Waals surface area contributed by atoms with Crippen LogP contribution in [0.15, 0.2) is 0 Å². The molecule has 0 saturated heterocycles. The minimum absolute atomic E-state index is 0.521. The third-order valence-electron chi connectivity index (χ3n) is 3.03. The van der Waals surface area contributed by atoms with Crippen molar-refractivity contribution in [2.24, 2.45) is 11.8 Å². The lowest BCUT2D eigenvalue weighted by atomic mass is 9.92. The molecule has 0 saturated carbocycles. The van der Waals surface area contributed by atoms with E-state index in [1.54, 1.807) is 0 Å². The summed E-state index contributed by atoms with van der Waals surface area (Å²) in [6, 6.07) is 0.521. The van der Waals surface area contributed by atoms with Gasteiger partial charge in [-0.05, 0) is 18.8 Å². The molecule has 2 unspecified atom stereocenters. The largest absolute Gasteiger partial charge is 0.271 e. The average molecular weight is 200 g/mol. The molecule has 2 nitrogen and oxygen atoms in total. The minimum Gasteiger partial charge on any atom is -0.271 e. The number of rotatable bonds is 9. The van der Waals surface area contributed by atoms with Crippen LogP contribution in [-0.2, 0) is 0 Å². The highest BCUT2D eigenvalue weighted by Crippen LogP contribution is 2.16. The van der Waals surface area contributed by atoms with E-state index < -0.39 is 0 Å². The Bertz CT molecular complexity index is 115. The first-order valence-electron chi connectivity index (χ1n) is 6.22. The van der Waals surface area contributed by atoms with Crippen LogP contribution in [0.5, 0.6) is 0 Å². The zero-order valence-electron chi connectivity index (χ0n) is 10.2. The molecule has 2 heteroatoms. The lowest BCUT2D eigenvalue weighted by molar-refractivity contribution is 0.328. The lowest BCUT2D eigenvalue weighted by Crippen LogP contribution is -2.39. The van der Waals surface area contributed by atoms with Gasteiger partial charge in [0.15, 0.2) is 0 Å². The predicted octanol–water partition coefficient (Wildman–Crippen LogP) is 3.22. The zero-order chi connectivity index (χ0) is 10.8. The fraction of sp³-hybridized carbons (Fsp3) is 1.00. The maximum Gasteiger partial charge on any atom is 0.0236 e. The van der Waals surface area contributed by atoms with Crippen LogP contribution in [0.1, 0.15) is 65.7 Å². The van der Waals surface area contributed by atoms with Crippen LogP contribution in [0, 0.1) is 5.92 Å². The molecule has 14 heavy (non-hydrogen) atoms. The van der Waals surface area contributed by atoms with Crippen molar-refractivity contribution in [3.63, 3.8) is 0 Å². The first-order valence-corrected chi connectivity index (χ1v) is 6.22. The van der Waals surface area contributed by atoms with E-state index in [4.69, 9.17) is 5.84 Å². The Morgan fingerprint density at radius 1 is 1.00 bits per heavy atom. The second-order valence-corrected chi connectivity index (χ2v) is 4.39. The Hall–Kier alpha value is -0.0800. The summed E-state index contributed by atoms with van der Waals surface area (Å²) in [5.74, 6) is 6.30. The summed E-state index contributed by atoms with van der Waals surface area (Å²) in [6.07, 6.45) is 9.08. The molecule has 0 heterocycles. The van der Waals surface area contributed by atoms with Crippen molar-refractivity contribution < 1.29 is 0 Å². The first kappa shape index (κ1) is 13.9. The van der Waals surface area contributed by atoms with Gasteiger partial charge >= 0.3 is 0 Å². The van der Waals surface area contributed by atoms with Gasteiger partial charge in [-0.1, -0.05) is 52.9 Å². The maximum atomic E-state index is 5.58. The van der Waals surface area contributed by atoms with Crippen molar-refractivity contribution in [1.82, 2.24) is 5.43 Å². The van der Waals surface area contributed by atoms with Crippen LogP contribution in [0.4, 0.5) is 0 Å². The summed E-state index contributed by atoms with van der Waals surface area (Å²) in [5.41, 5.74) is 2.97. The first-order chi connectivity index (χ1) is 6.76. The molecule has 0 aromatic carbocycles. The lowest BCUT2D eigenvalue weighted by Gasteiger charge is -2.23. The van der Waals surface area contributed by atoms with Crippen LogP contribution in [0.2, 0.25) is 0 Å². The van der Waals surface area contributed by atoms with E-state index in [1.165, 1.54) is 44.9 Å². The summed E-state index contributed by atoms with van der Waals surface area (Å²) in [6.45, 7) is 6.80. The normalized spacial score (nSPS) is 15.4. The van der Waals surface area contributed by atoms with Crippen molar-refractivity contribution >= 4 is 0 Å². The van der Waals surface area contributed by atoms with Gasteiger partial charge in [0, 0.05) is 6.04 Å². The van der Waals surface area contributed by atoms with Gasteiger partial charge in [0.05, 0.1) is 0 Å². The molecule has 0 aliphatic carbocycles. The molecule has 2 atom stereocenters. The van der Waals surface area contributed by atoms with Gasteiger partial charge < -0.3 is 0 Å². The SMILES string of the molecule is CCCCCC(NN)C(C)CCCC. The third kappa shape index (κ3) is 6.39. The Kier molecular flexibility index (Phi) is 9.42. The monoisotopic (exact) mass is 200 g/mol. The quantitative estimate of drug-likeness (QED) is 0.341. The third-order valence-corrected chi connectivity index (χ3v) is 3.03. The predicted molar refractivity (Wildman–Crippen MR) is 63.9 cm³/mol. The van der Waals surface area contributed by atoms with Gasteiger partial charge in [0.25, 0.3) is 0 Å². The Balaban J connectivity index is 3.62. The molecule has 0 aliphatic rings. The van der Waals surface area contributed by atoms with E-state index in [9.17, 15) is 0 Å². The molecular weight excluding hydrogens is 172 g/mol. The summed E-state index contributed by atoms with van der Waals surface area (Å²) in [7, 11) is 0. The smallest absolute Gasteiger partial charge is 0.0236 e. The summed E-state index contributed by atoms with van der Waals surface area (Å²) < 4.78 is 0. The molecule has 3 N–H and O–H groups in total. The number of hydrogen-bond acceptors (Lipinski definition) is 2. The van der Waals surface area contributed by atoms with Gasteiger partial charge in [-0.2, -0.15) is 0 Å². The Labute approximate surface area is 89.6 Å². The van der Waals surface area contributed by atoms with E-state index in [-0.39, 0.29) is 0 Å². The van der Waals surface area contributed by atoms with Crippen molar-refractivity contribution in [3.05, 3.63) is 0 Å². The highest BCUT2D eigenvalue weighted by molar-refractivity contribution is 4.70. The fourth-order valence-corrected chi connectivity index (χ4v) is 1.87. The number of nitrogens with two attached hydrogens (primary N) is 1. The van der Waals surface area contributed by atoms with Crippen LogP contribution in [0.25, 0.3) is 0 Å². The molecule has 0 rings (SSSR count). The molecule has 0 aromatic rings. The number of hydrazine groups is 1. The molecule has 0 spiro atoms. The van der Waals surface area contributed by atoms with Crippen molar-refractivity contribution in [2.75, 3.05) is 0 Å². The number of hydrogen-bond donors (Lipinski definition) is 2. The summed E-state index contributed by atoms with van der Waals surface area (Å²) in [5, 5.41) is 0. The molecule has 0 radical (unpaired) electrons. The summed E-state index contributed by atoms with van der Waals surface area (Å²) in [4.78, 5) is 0. The topological polar surface area (TPSA) is 38.0 Å². The van der Waals surface area contributed by atoms with Crippen molar-refractivity contribution in [1.29, 1.82) is 0 Å². The van der Waals surface area contributed by atoms with Crippen molar-refractivity contribution in [3.8, 4) is 0 Å². The van der Waals surface area contributed by atoms with Crippen LogP contribution < -0.4 is 11.3 Å². The van der Waals surface area contributed by atoms with E-state index >= 15 is 0 Å². The van der Waals surface area contributed by atoms with Crippen LogP contribution in [0.3, 0.4) is 0 Å². The van der Waals surface area contributed by atoms with E-state index in [2.05, 4.69) is 26.2 Å². The fourth-order valence-electron chi connectivity index (χ4n) is 1.87. The number of nitrogens with one attached hydrogen (secondary N) is 1. The second-order valence-electron chi connectivity index (χ2n) is 4.39. The van der Waals surface area contributed by atoms with E-state index in [0.717, 1.165) is 5.92 Å². The van der Waals surface area contributed by atoms with E-state index in [0.29, 0.717) is 6.04 Å². The van der Waals surface area contributed by atoms with Crippen molar-refractivity contribution in [2.45, 2.75) is 71.8 Å². The van der Waals surface area contributed by atoms with Gasteiger partial charge in [-0.15, -0.1) is 0 Å². The minimum atomic E-state index is 0.521. The van der Waals surface area contributed by atoms with Crippen LogP contribution >= 0.6 is 0 Å². The van der Waals surface area contributed by atoms with Gasteiger partial charge in [0.2, 0.25) is 0 Å². The van der Waals surface area contributed by atoms with Gasteiger partial charge in [-0.25, -0.2) is 0 Å². The highest BCUT2D eigenvalue weighted by atomic mass is 15.2. The average Bonchev–Trinajstić information content (AvgIpc) is 2.21. The standard InChI is InChI=1S/C12H28N2/c1-4-6-8-10-12(14-13)11(3)9-7-5-2/h11-12,14H,4-10,13H2,1-3H3. The Morgan fingerprint density at radius 3 is 2.14 bits per heavy atom. The molecule has 0 aliphatic heterocycles. The summed E-state index contributed by atoms with van der Waals surface area (Å²) >= 11 is 0. The molecule has 0 fully saturated rings. The zero-order valence-corrected chi connectivity index (χ0v) is 10.2. The number of unbranched alkanes of at least 4 members (excludes halogenated alkanes) is 3. The molecule has 0 amide bonds. The van der Waals surface area contributed by atoms with Gasteiger partial charge in [-0.3, -0.25) is 11.3 Å². The van der Waals surface area contributed by atoms with E-state index in [1.807, 2.05) is 0 Å². The molecular formula is C12H28N2. The molecule has 86 valence electrons. The molecule has 0 aromatic heterocycles.